The summed E-state index contributed by atoms with van der Waals surface area (Å²) in [5, 5.41) is 8.26. The Balaban J connectivity index is 2.29. The van der Waals surface area contributed by atoms with Crippen LogP contribution >= 0.6 is 0 Å². The number of hydrogen-bond acceptors (Lipinski definition) is 8. The highest BCUT2D eigenvalue weighted by Gasteiger charge is 2.43. The Kier molecular flexibility index (Phi) is 5.04. The molecule has 2 amide bonds. The monoisotopic (exact) mass is 323 g/mol. The Hall–Kier alpha value is -2.78. The second kappa shape index (κ2) is 6.99. The summed E-state index contributed by atoms with van der Waals surface area (Å²) >= 11 is 0. The molecule has 1 aliphatic rings. The summed E-state index contributed by atoms with van der Waals surface area (Å²) in [6, 6.07) is 4.69. The first-order valence-electron chi connectivity index (χ1n) is 6.57. The smallest absolute Gasteiger partial charge is 0.301 e. The summed E-state index contributed by atoms with van der Waals surface area (Å²) in [5.74, 6) is -3.40. The van der Waals surface area contributed by atoms with Gasteiger partial charge in [0.05, 0.1) is 24.7 Å². The van der Waals surface area contributed by atoms with E-state index in [0.717, 1.165) is 7.11 Å². The summed E-state index contributed by atoms with van der Waals surface area (Å²) in [4.78, 5) is 60.6. The Morgan fingerprint density at radius 2 is 1.74 bits per heavy atom. The van der Waals surface area contributed by atoms with Gasteiger partial charge in [0.25, 0.3) is 11.8 Å². The Morgan fingerprint density at radius 3 is 2.22 bits per heavy atom. The largest absolute Gasteiger partial charge is 0.365 e. The van der Waals surface area contributed by atoms with Gasteiger partial charge >= 0.3 is 11.9 Å². The maximum absolute atomic E-state index is 12.4. The molecule has 0 bridgehead atoms. The van der Waals surface area contributed by atoms with Crippen molar-refractivity contribution >= 4 is 23.8 Å². The van der Waals surface area contributed by atoms with Gasteiger partial charge in [0, 0.05) is 0 Å². The van der Waals surface area contributed by atoms with Crippen LogP contribution in [0.25, 0.3) is 0 Å². The van der Waals surface area contributed by atoms with E-state index >= 15 is 0 Å². The van der Waals surface area contributed by atoms with Crippen LogP contribution < -0.4 is 0 Å². The molecule has 0 spiro atoms. The van der Waals surface area contributed by atoms with Gasteiger partial charge in [-0.05, 0) is 18.6 Å². The quantitative estimate of drug-likeness (QED) is 0.458. The van der Waals surface area contributed by atoms with E-state index in [9.17, 15) is 19.2 Å². The Morgan fingerprint density at radius 1 is 1.17 bits per heavy atom. The molecule has 9 nitrogen and oxygen atoms in total. The van der Waals surface area contributed by atoms with Crippen LogP contribution in [-0.4, -0.2) is 47.1 Å². The zero-order chi connectivity index (χ0) is 17.0. The number of fused-ring (bicyclic) bond motifs is 1. The maximum Gasteiger partial charge on any atom is 0.365 e. The minimum atomic E-state index is -1.39. The zero-order valence-electron chi connectivity index (χ0n) is 12.1. The number of carbonyl (C=O) groups excluding carboxylic acids is 4. The van der Waals surface area contributed by atoms with Crippen molar-refractivity contribution in [2.45, 2.75) is 18.9 Å². The average Bonchev–Trinajstić information content (AvgIpc) is 2.80. The van der Waals surface area contributed by atoms with E-state index in [0.29, 0.717) is 4.90 Å². The second-order valence-electron chi connectivity index (χ2n) is 4.61. The van der Waals surface area contributed by atoms with Crippen LogP contribution in [0.2, 0.25) is 0 Å². The van der Waals surface area contributed by atoms with Gasteiger partial charge in [0.1, 0.15) is 6.04 Å². The SMILES string of the molecule is COOC(=O)C(CCC(=O)OO)N1C(=O)c2ccccc2C1=O. The number of imide groups is 1. The molecule has 0 saturated heterocycles. The van der Waals surface area contributed by atoms with Crippen molar-refractivity contribution in [2.24, 2.45) is 0 Å². The molecule has 23 heavy (non-hydrogen) atoms. The van der Waals surface area contributed by atoms with Crippen LogP contribution in [-0.2, 0) is 24.3 Å². The number of rotatable bonds is 6. The van der Waals surface area contributed by atoms with Crippen molar-refractivity contribution in [1.29, 1.82) is 0 Å². The predicted octanol–water partition coefficient (Wildman–Crippen LogP) is 0.552. The molecule has 1 heterocycles. The van der Waals surface area contributed by atoms with E-state index in [1.807, 2.05) is 0 Å². The number of nitrogens with zero attached hydrogens (tertiary/aromatic N) is 1. The summed E-state index contributed by atoms with van der Waals surface area (Å²) < 4.78 is 0. The fraction of sp³-hybridized carbons (Fsp3) is 0.286. The van der Waals surface area contributed by atoms with Crippen molar-refractivity contribution in [1.82, 2.24) is 4.90 Å². The molecule has 2 rings (SSSR count). The van der Waals surface area contributed by atoms with E-state index in [-0.39, 0.29) is 17.5 Å². The molecule has 1 atom stereocenters. The second-order valence-corrected chi connectivity index (χ2v) is 4.61. The van der Waals surface area contributed by atoms with Gasteiger partial charge in [-0.1, -0.05) is 12.1 Å². The predicted molar refractivity (Wildman–Crippen MR) is 71.8 cm³/mol. The highest BCUT2D eigenvalue weighted by molar-refractivity contribution is 6.22. The van der Waals surface area contributed by atoms with E-state index in [2.05, 4.69) is 14.7 Å². The number of benzene rings is 1. The van der Waals surface area contributed by atoms with Gasteiger partial charge in [0.15, 0.2) is 0 Å². The van der Waals surface area contributed by atoms with Crippen molar-refractivity contribution in [3.63, 3.8) is 0 Å². The Bertz CT molecular complexity index is 621. The van der Waals surface area contributed by atoms with Crippen LogP contribution in [0.3, 0.4) is 0 Å². The third-order valence-electron chi connectivity index (χ3n) is 3.30. The molecule has 0 aliphatic carbocycles. The molecule has 0 radical (unpaired) electrons. The fourth-order valence-corrected chi connectivity index (χ4v) is 2.28. The van der Waals surface area contributed by atoms with Crippen LogP contribution in [0, 0.1) is 0 Å². The third-order valence-corrected chi connectivity index (χ3v) is 3.30. The third kappa shape index (κ3) is 3.20. The van der Waals surface area contributed by atoms with Crippen LogP contribution in [0.4, 0.5) is 0 Å². The molecule has 1 unspecified atom stereocenters. The summed E-state index contributed by atoms with van der Waals surface area (Å²) in [6.45, 7) is 0. The van der Waals surface area contributed by atoms with Gasteiger partial charge in [-0.25, -0.2) is 9.59 Å². The van der Waals surface area contributed by atoms with Crippen molar-refractivity contribution < 1.29 is 39.1 Å². The van der Waals surface area contributed by atoms with E-state index in [1.54, 1.807) is 12.1 Å². The number of carbonyl (C=O) groups is 4. The topological polar surface area (TPSA) is 119 Å². The van der Waals surface area contributed by atoms with Crippen LogP contribution in [0.5, 0.6) is 0 Å². The van der Waals surface area contributed by atoms with Gasteiger partial charge in [-0.3, -0.25) is 19.4 Å². The molecule has 0 saturated carbocycles. The number of amides is 2. The van der Waals surface area contributed by atoms with Crippen molar-refractivity contribution in [3.8, 4) is 0 Å². The summed E-state index contributed by atoms with van der Waals surface area (Å²) in [6.07, 6.45) is -0.694. The lowest BCUT2D eigenvalue weighted by atomic mass is 10.1. The molecule has 0 fully saturated rings. The standard InChI is InChI=1S/C14H13NO8/c1-21-23-14(19)10(6-7-11(16)22-20)15-12(17)8-4-2-3-5-9(8)13(15)18/h2-5,10,20H,6-7H2,1H3. The maximum atomic E-state index is 12.4. The lowest BCUT2D eigenvalue weighted by Gasteiger charge is -2.23. The van der Waals surface area contributed by atoms with E-state index < -0.39 is 36.2 Å². The summed E-state index contributed by atoms with van der Waals surface area (Å²) in [5.41, 5.74) is 0.301. The first-order valence-corrected chi connectivity index (χ1v) is 6.57. The van der Waals surface area contributed by atoms with Gasteiger partial charge < -0.3 is 4.89 Å². The molecule has 0 aromatic heterocycles. The first kappa shape index (κ1) is 16.6. The molecule has 1 aliphatic heterocycles. The molecular formula is C14H13NO8. The van der Waals surface area contributed by atoms with Gasteiger partial charge in [-0.15, -0.1) is 0 Å². The average molecular weight is 323 g/mol. The van der Waals surface area contributed by atoms with E-state index in [1.165, 1.54) is 12.1 Å². The van der Waals surface area contributed by atoms with Gasteiger partial charge in [0.2, 0.25) is 0 Å². The normalized spacial score (nSPS) is 14.4. The fourth-order valence-electron chi connectivity index (χ4n) is 2.28. The Labute approximate surface area is 130 Å². The van der Waals surface area contributed by atoms with Crippen molar-refractivity contribution in [3.05, 3.63) is 35.4 Å². The molecule has 1 aromatic rings. The minimum absolute atomic E-state index is 0.150. The highest BCUT2D eigenvalue weighted by Crippen LogP contribution is 2.26. The molecule has 1 aromatic carbocycles. The zero-order valence-corrected chi connectivity index (χ0v) is 12.1. The lowest BCUT2D eigenvalue weighted by molar-refractivity contribution is -0.258. The molecular weight excluding hydrogens is 310 g/mol. The first-order chi connectivity index (χ1) is 11.0. The van der Waals surface area contributed by atoms with E-state index in [4.69, 9.17) is 5.26 Å². The molecule has 122 valence electrons. The highest BCUT2D eigenvalue weighted by atomic mass is 17.2. The van der Waals surface area contributed by atoms with Gasteiger partial charge in [-0.2, -0.15) is 10.1 Å². The minimum Gasteiger partial charge on any atom is -0.301 e. The summed E-state index contributed by atoms with van der Waals surface area (Å²) in [7, 11) is 1.08. The number of hydrogen-bond donors (Lipinski definition) is 1. The molecule has 9 heteroatoms. The van der Waals surface area contributed by atoms with Crippen molar-refractivity contribution in [2.75, 3.05) is 7.11 Å². The molecule has 1 N–H and O–H groups in total. The van der Waals surface area contributed by atoms with Crippen LogP contribution in [0.1, 0.15) is 33.6 Å². The van der Waals surface area contributed by atoms with Crippen LogP contribution in [0.15, 0.2) is 24.3 Å². The lowest BCUT2D eigenvalue weighted by Crippen LogP contribution is -2.45.